The maximum absolute atomic E-state index is 12.2. The Morgan fingerprint density at radius 2 is 2.11 bits per heavy atom. The fraction of sp³-hybridized carbons (Fsp3) is 0.692. The maximum Gasteiger partial charge on any atom is 0.242 e. The van der Waals surface area contributed by atoms with Crippen LogP contribution >= 0.6 is 0 Å². The van der Waals surface area contributed by atoms with Crippen LogP contribution in [0.3, 0.4) is 0 Å². The molecule has 0 spiro atoms. The zero-order valence-corrected chi connectivity index (χ0v) is 12.8. The van der Waals surface area contributed by atoms with Crippen LogP contribution in [0, 0.1) is 5.92 Å². The largest absolute Gasteiger partial charge is 0.349 e. The zero-order chi connectivity index (χ0) is 14.5. The van der Waals surface area contributed by atoms with Gasteiger partial charge >= 0.3 is 0 Å². The molecule has 0 saturated carbocycles. The van der Waals surface area contributed by atoms with Gasteiger partial charge in [-0.05, 0) is 18.4 Å². The Balaban J connectivity index is 2.89. The third-order valence-electron chi connectivity index (χ3n) is 3.26. The van der Waals surface area contributed by atoms with Gasteiger partial charge in [0.1, 0.15) is 0 Å². The predicted molar refractivity (Wildman–Crippen MR) is 77.3 cm³/mol. The maximum atomic E-state index is 12.2. The highest BCUT2D eigenvalue weighted by Gasteiger charge is 2.18. The van der Waals surface area contributed by atoms with E-state index in [2.05, 4.69) is 11.6 Å². The molecule has 0 bridgehead atoms. The Bertz CT molecular complexity index is 494. The summed E-state index contributed by atoms with van der Waals surface area (Å²) in [4.78, 5) is 0.310. The van der Waals surface area contributed by atoms with Crippen molar-refractivity contribution in [3.05, 3.63) is 18.0 Å². The van der Waals surface area contributed by atoms with Crippen molar-refractivity contribution in [3.8, 4) is 0 Å². The molecule has 0 aromatic carbocycles. The summed E-state index contributed by atoms with van der Waals surface area (Å²) >= 11 is 0. The van der Waals surface area contributed by atoms with Gasteiger partial charge in [-0.15, -0.1) is 0 Å². The number of nitrogens with zero attached hydrogens (tertiary/aromatic N) is 1. The van der Waals surface area contributed by atoms with Gasteiger partial charge in [0.05, 0.1) is 4.90 Å². The monoisotopic (exact) mass is 287 g/mol. The Morgan fingerprint density at radius 1 is 1.42 bits per heavy atom. The van der Waals surface area contributed by atoms with E-state index in [1.54, 1.807) is 12.3 Å². The Labute approximate surface area is 116 Å². The summed E-state index contributed by atoms with van der Waals surface area (Å²) in [5, 5.41) is 0. The van der Waals surface area contributed by atoms with Gasteiger partial charge in [-0.3, -0.25) is 0 Å². The molecule has 19 heavy (non-hydrogen) atoms. The number of aryl methyl sites for hydroxylation is 1. The quantitative estimate of drug-likeness (QED) is 0.763. The molecule has 0 radical (unpaired) electrons. The lowest BCUT2D eigenvalue weighted by molar-refractivity contribution is 0.528. The summed E-state index contributed by atoms with van der Waals surface area (Å²) in [7, 11) is -3.42. The molecule has 1 rings (SSSR count). The van der Waals surface area contributed by atoms with E-state index in [-0.39, 0.29) is 0 Å². The first kappa shape index (κ1) is 16.2. The van der Waals surface area contributed by atoms with Crippen LogP contribution < -0.4 is 10.5 Å². The molecule has 5 nitrogen and oxygen atoms in total. The van der Waals surface area contributed by atoms with E-state index in [0.717, 1.165) is 25.1 Å². The molecule has 1 aromatic rings. The van der Waals surface area contributed by atoms with Crippen molar-refractivity contribution in [1.29, 1.82) is 0 Å². The van der Waals surface area contributed by atoms with E-state index < -0.39 is 10.0 Å². The molecule has 110 valence electrons. The van der Waals surface area contributed by atoms with Crippen molar-refractivity contribution >= 4 is 10.0 Å². The van der Waals surface area contributed by atoms with E-state index in [4.69, 9.17) is 5.73 Å². The van der Waals surface area contributed by atoms with Gasteiger partial charge in [0.25, 0.3) is 0 Å². The molecule has 1 heterocycles. The number of hydrogen-bond donors (Lipinski definition) is 2. The molecule has 3 N–H and O–H groups in total. The molecule has 0 aliphatic rings. The lowest BCUT2D eigenvalue weighted by Crippen LogP contribution is -2.28. The van der Waals surface area contributed by atoms with E-state index in [0.29, 0.717) is 23.9 Å². The van der Waals surface area contributed by atoms with Crippen LogP contribution in [0.15, 0.2) is 17.2 Å². The summed E-state index contributed by atoms with van der Waals surface area (Å²) in [5.41, 5.74) is 6.50. The second kappa shape index (κ2) is 7.07. The lowest BCUT2D eigenvalue weighted by Gasteiger charge is -2.09. The SMILES string of the molecule is CCCn1cc(S(=O)(=O)NCC(C)CC)cc1CN. The number of nitrogens with one attached hydrogen (secondary N) is 1. The summed E-state index contributed by atoms with van der Waals surface area (Å²) in [6, 6.07) is 1.66. The van der Waals surface area contributed by atoms with Crippen molar-refractivity contribution < 1.29 is 8.42 Å². The van der Waals surface area contributed by atoms with Gasteiger partial charge in [-0.25, -0.2) is 13.1 Å². The van der Waals surface area contributed by atoms with Crippen molar-refractivity contribution in [2.24, 2.45) is 11.7 Å². The number of sulfonamides is 1. The number of rotatable bonds is 8. The lowest BCUT2D eigenvalue weighted by atomic mass is 10.1. The minimum absolute atomic E-state index is 0.310. The van der Waals surface area contributed by atoms with Crippen molar-refractivity contribution in [2.45, 2.75) is 51.6 Å². The van der Waals surface area contributed by atoms with Gasteiger partial charge in [0.2, 0.25) is 10.0 Å². The zero-order valence-electron chi connectivity index (χ0n) is 12.0. The van der Waals surface area contributed by atoms with Crippen molar-refractivity contribution in [1.82, 2.24) is 9.29 Å². The first-order chi connectivity index (χ1) is 8.94. The smallest absolute Gasteiger partial charge is 0.242 e. The van der Waals surface area contributed by atoms with Gasteiger partial charge in [-0.1, -0.05) is 27.2 Å². The van der Waals surface area contributed by atoms with E-state index in [1.807, 2.05) is 18.4 Å². The molecule has 1 aromatic heterocycles. The number of aromatic nitrogens is 1. The second-order valence-electron chi connectivity index (χ2n) is 4.93. The van der Waals surface area contributed by atoms with Crippen LogP contribution in [0.2, 0.25) is 0 Å². The van der Waals surface area contributed by atoms with Crippen LogP contribution in [-0.4, -0.2) is 19.5 Å². The molecule has 1 unspecified atom stereocenters. The minimum atomic E-state index is -3.42. The van der Waals surface area contributed by atoms with Crippen LogP contribution in [0.4, 0.5) is 0 Å². The van der Waals surface area contributed by atoms with E-state index in [9.17, 15) is 8.42 Å². The molecule has 1 atom stereocenters. The summed E-state index contributed by atoms with van der Waals surface area (Å²) in [6.45, 7) is 7.72. The highest BCUT2D eigenvalue weighted by molar-refractivity contribution is 7.89. The normalized spacial score (nSPS) is 13.7. The molecule has 0 fully saturated rings. The van der Waals surface area contributed by atoms with Crippen LogP contribution in [0.5, 0.6) is 0 Å². The number of hydrogen-bond acceptors (Lipinski definition) is 3. The van der Waals surface area contributed by atoms with Gasteiger partial charge in [0, 0.05) is 31.5 Å². The van der Waals surface area contributed by atoms with Gasteiger partial charge < -0.3 is 10.3 Å². The Morgan fingerprint density at radius 3 is 2.63 bits per heavy atom. The molecular weight excluding hydrogens is 262 g/mol. The first-order valence-corrected chi connectivity index (χ1v) is 8.31. The van der Waals surface area contributed by atoms with Crippen LogP contribution in [0.1, 0.15) is 39.3 Å². The standard InChI is InChI=1S/C13H25N3O2S/c1-4-6-16-10-13(7-12(16)8-14)19(17,18)15-9-11(3)5-2/h7,10-11,15H,4-6,8-9,14H2,1-3H3. The van der Waals surface area contributed by atoms with Crippen molar-refractivity contribution in [3.63, 3.8) is 0 Å². The molecule has 6 heteroatoms. The Hall–Kier alpha value is -0.850. The minimum Gasteiger partial charge on any atom is -0.349 e. The van der Waals surface area contributed by atoms with Crippen LogP contribution in [0.25, 0.3) is 0 Å². The third kappa shape index (κ3) is 4.33. The van der Waals surface area contributed by atoms with Crippen molar-refractivity contribution in [2.75, 3.05) is 6.54 Å². The third-order valence-corrected chi connectivity index (χ3v) is 4.65. The van der Waals surface area contributed by atoms with Crippen LogP contribution in [-0.2, 0) is 23.1 Å². The molecule has 0 aliphatic carbocycles. The fourth-order valence-corrected chi connectivity index (χ4v) is 3.00. The average Bonchev–Trinajstić information content (AvgIpc) is 2.80. The first-order valence-electron chi connectivity index (χ1n) is 6.83. The summed E-state index contributed by atoms with van der Waals surface area (Å²) in [6.07, 6.45) is 3.57. The molecule has 0 saturated heterocycles. The topological polar surface area (TPSA) is 77.1 Å². The van der Waals surface area contributed by atoms with Gasteiger partial charge in [0.15, 0.2) is 0 Å². The second-order valence-corrected chi connectivity index (χ2v) is 6.70. The van der Waals surface area contributed by atoms with E-state index >= 15 is 0 Å². The molecule has 0 amide bonds. The molecular formula is C13H25N3O2S. The van der Waals surface area contributed by atoms with Gasteiger partial charge in [-0.2, -0.15) is 0 Å². The average molecular weight is 287 g/mol. The van der Waals surface area contributed by atoms with E-state index in [1.165, 1.54) is 0 Å². The Kier molecular flexibility index (Phi) is 6.03. The highest BCUT2D eigenvalue weighted by atomic mass is 32.2. The summed E-state index contributed by atoms with van der Waals surface area (Å²) < 4.78 is 28.9. The fourth-order valence-electron chi connectivity index (χ4n) is 1.77. The summed E-state index contributed by atoms with van der Waals surface area (Å²) in [5.74, 6) is 0.335. The predicted octanol–water partition coefficient (Wildman–Crippen LogP) is 1.68. The molecule has 0 aliphatic heterocycles. The number of nitrogens with two attached hydrogens (primary N) is 1. The highest BCUT2D eigenvalue weighted by Crippen LogP contribution is 2.15.